The van der Waals surface area contributed by atoms with E-state index in [1.807, 2.05) is 24.3 Å². The first-order valence-corrected chi connectivity index (χ1v) is 9.45. The van der Waals surface area contributed by atoms with Crippen molar-refractivity contribution < 1.29 is 14.6 Å². The molecule has 4 heteroatoms. The van der Waals surface area contributed by atoms with Crippen molar-refractivity contribution in [3.05, 3.63) is 59.7 Å². The monoisotopic (exact) mass is 351 g/mol. The molecule has 4 rings (SSSR count). The summed E-state index contributed by atoms with van der Waals surface area (Å²) in [5, 5.41) is 10.1. The van der Waals surface area contributed by atoms with Crippen LogP contribution in [-0.4, -0.2) is 29.8 Å². The molecule has 26 heavy (non-hydrogen) atoms. The molecular weight excluding hydrogens is 326 g/mol. The fourth-order valence-corrected chi connectivity index (χ4v) is 4.43. The summed E-state index contributed by atoms with van der Waals surface area (Å²) in [6.07, 6.45) is 3.00. The molecule has 2 aliphatic carbocycles. The predicted octanol–water partition coefficient (Wildman–Crippen LogP) is 3.22. The van der Waals surface area contributed by atoms with Gasteiger partial charge >= 0.3 is 5.97 Å². The fourth-order valence-electron chi connectivity index (χ4n) is 4.43. The number of ether oxygens (including phenoxy) is 1. The quantitative estimate of drug-likeness (QED) is 0.830. The standard InChI is InChI=1S/C22H25NO3/c23-21(18-11-5-6-12-20(18)24)22(25)26-13-19-16-9-3-1-7-14(16)15-8-2-4-10-17(15)19/h1-4,7-10,18-21,24H,5-6,11-13,23H2/t18-,20-,21?/m1/s1. The first-order chi connectivity index (χ1) is 12.7. The van der Waals surface area contributed by atoms with Gasteiger partial charge in [0.05, 0.1) is 6.10 Å². The minimum atomic E-state index is -0.753. The zero-order valence-corrected chi connectivity index (χ0v) is 14.8. The molecule has 1 fully saturated rings. The summed E-state index contributed by atoms with van der Waals surface area (Å²) in [4.78, 5) is 12.5. The Morgan fingerprint density at radius 3 is 2.23 bits per heavy atom. The van der Waals surface area contributed by atoms with Crippen LogP contribution in [0.5, 0.6) is 0 Å². The summed E-state index contributed by atoms with van der Waals surface area (Å²) in [6.45, 7) is 0.281. The molecule has 0 amide bonds. The van der Waals surface area contributed by atoms with E-state index in [-0.39, 0.29) is 18.4 Å². The third kappa shape index (κ3) is 3.04. The maximum absolute atomic E-state index is 12.5. The second-order valence-electron chi connectivity index (χ2n) is 7.40. The van der Waals surface area contributed by atoms with Crippen molar-refractivity contribution in [3.8, 4) is 11.1 Å². The Bertz CT molecular complexity index is 758. The van der Waals surface area contributed by atoms with Gasteiger partial charge in [0, 0.05) is 11.8 Å². The maximum Gasteiger partial charge on any atom is 0.323 e. The van der Waals surface area contributed by atoms with Gasteiger partial charge in [-0.25, -0.2) is 0 Å². The highest BCUT2D eigenvalue weighted by Gasteiger charge is 2.35. The molecule has 0 saturated heterocycles. The Labute approximate surface area is 154 Å². The number of hydrogen-bond acceptors (Lipinski definition) is 4. The zero-order chi connectivity index (χ0) is 18.1. The van der Waals surface area contributed by atoms with Crippen LogP contribution in [0.2, 0.25) is 0 Å². The van der Waals surface area contributed by atoms with Gasteiger partial charge in [0.2, 0.25) is 0 Å². The highest BCUT2D eigenvalue weighted by Crippen LogP contribution is 2.44. The second-order valence-corrected chi connectivity index (χ2v) is 7.40. The van der Waals surface area contributed by atoms with Gasteiger partial charge in [-0.15, -0.1) is 0 Å². The van der Waals surface area contributed by atoms with E-state index in [1.165, 1.54) is 22.3 Å². The predicted molar refractivity (Wildman–Crippen MR) is 101 cm³/mol. The normalized spacial score (nSPS) is 23.2. The number of benzene rings is 2. The number of rotatable bonds is 4. The molecule has 0 bridgehead atoms. The number of fused-ring (bicyclic) bond motifs is 3. The largest absolute Gasteiger partial charge is 0.464 e. The Hall–Kier alpha value is -2.17. The van der Waals surface area contributed by atoms with E-state index in [9.17, 15) is 9.90 Å². The number of hydrogen-bond donors (Lipinski definition) is 2. The number of aliphatic hydroxyl groups is 1. The summed E-state index contributed by atoms with van der Waals surface area (Å²) < 4.78 is 5.63. The molecule has 1 unspecified atom stereocenters. The molecule has 4 nitrogen and oxygen atoms in total. The van der Waals surface area contributed by atoms with Gasteiger partial charge in [-0.2, -0.15) is 0 Å². The maximum atomic E-state index is 12.5. The molecule has 2 aromatic rings. The molecule has 0 aliphatic heterocycles. The number of aliphatic hydroxyl groups excluding tert-OH is 1. The second kappa shape index (κ2) is 7.22. The molecule has 2 aliphatic rings. The molecule has 0 spiro atoms. The molecule has 3 N–H and O–H groups in total. The minimum Gasteiger partial charge on any atom is -0.464 e. The first kappa shape index (κ1) is 17.3. The van der Waals surface area contributed by atoms with Gasteiger partial charge < -0.3 is 15.6 Å². The van der Waals surface area contributed by atoms with Crippen LogP contribution in [0.4, 0.5) is 0 Å². The van der Waals surface area contributed by atoms with Gasteiger partial charge in [-0.3, -0.25) is 4.79 Å². The van der Waals surface area contributed by atoms with Crippen LogP contribution < -0.4 is 5.73 Å². The van der Waals surface area contributed by atoms with Gasteiger partial charge in [0.1, 0.15) is 12.6 Å². The molecule has 3 atom stereocenters. The lowest BCUT2D eigenvalue weighted by Gasteiger charge is -2.31. The number of carbonyl (C=O) groups excluding carboxylic acids is 1. The lowest BCUT2D eigenvalue weighted by Crippen LogP contribution is -2.46. The van der Waals surface area contributed by atoms with Crippen molar-refractivity contribution in [1.82, 2.24) is 0 Å². The SMILES string of the molecule is NC(C(=O)OCC1c2ccccc2-c2ccccc21)[C@@H]1CCCC[C@H]1O. The van der Waals surface area contributed by atoms with Crippen LogP contribution >= 0.6 is 0 Å². The minimum absolute atomic E-state index is 0.0369. The van der Waals surface area contributed by atoms with Crippen molar-refractivity contribution in [1.29, 1.82) is 0 Å². The van der Waals surface area contributed by atoms with Crippen LogP contribution in [0.15, 0.2) is 48.5 Å². The molecular formula is C22H25NO3. The Balaban J connectivity index is 1.48. The highest BCUT2D eigenvalue weighted by molar-refractivity contribution is 5.79. The van der Waals surface area contributed by atoms with Gasteiger partial charge in [0.25, 0.3) is 0 Å². The van der Waals surface area contributed by atoms with Crippen LogP contribution in [0.25, 0.3) is 11.1 Å². The molecule has 0 heterocycles. The van der Waals surface area contributed by atoms with E-state index >= 15 is 0 Å². The average molecular weight is 351 g/mol. The van der Waals surface area contributed by atoms with Gasteiger partial charge in [0.15, 0.2) is 0 Å². The van der Waals surface area contributed by atoms with Crippen LogP contribution in [-0.2, 0) is 9.53 Å². The average Bonchev–Trinajstić information content (AvgIpc) is 3.00. The van der Waals surface area contributed by atoms with Crippen molar-refractivity contribution in [2.24, 2.45) is 11.7 Å². The van der Waals surface area contributed by atoms with E-state index in [0.717, 1.165) is 25.7 Å². The molecule has 136 valence electrons. The lowest BCUT2D eigenvalue weighted by atomic mass is 9.82. The van der Waals surface area contributed by atoms with E-state index in [0.29, 0.717) is 0 Å². The van der Waals surface area contributed by atoms with E-state index in [4.69, 9.17) is 10.5 Å². The number of nitrogens with two attached hydrogens (primary N) is 1. The lowest BCUT2D eigenvalue weighted by molar-refractivity contribution is -0.148. The first-order valence-electron chi connectivity index (χ1n) is 9.45. The number of esters is 1. The molecule has 0 radical (unpaired) electrons. The topological polar surface area (TPSA) is 72.6 Å². The summed E-state index contributed by atoms with van der Waals surface area (Å²) in [5.41, 5.74) is 10.9. The van der Waals surface area contributed by atoms with Gasteiger partial charge in [-0.05, 0) is 35.1 Å². The summed E-state index contributed by atoms with van der Waals surface area (Å²) in [5.74, 6) is -0.563. The zero-order valence-electron chi connectivity index (χ0n) is 14.8. The van der Waals surface area contributed by atoms with Crippen molar-refractivity contribution in [2.45, 2.75) is 43.7 Å². The van der Waals surface area contributed by atoms with Crippen molar-refractivity contribution in [2.75, 3.05) is 6.61 Å². The Kier molecular flexibility index (Phi) is 4.79. The summed E-state index contributed by atoms with van der Waals surface area (Å²) >= 11 is 0. The summed E-state index contributed by atoms with van der Waals surface area (Å²) in [7, 11) is 0. The van der Waals surface area contributed by atoms with Crippen LogP contribution in [0.1, 0.15) is 42.7 Å². The molecule has 2 aromatic carbocycles. The molecule has 0 aromatic heterocycles. The molecule has 1 saturated carbocycles. The third-order valence-electron chi connectivity index (χ3n) is 5.87. The van der Waals surface area contributed by atoms with Crippen molar-refractivity contribution in [3.63, 3.8) is 0 Å². The van der Waals surface area contributed by atoms with Crippen LogP contribution in [0, 0.1) is 5.92 Å². The number of carbonyl (C=O) groups is 1. The van der Waals surface area contributed by atoms with E-state index in [1.54, 1.807) is 0 Å². The van der Waals surface area contributed by atoms with E-state index < -0.39 is 18.1 Å². The fraction of sp³-hybridized carbons (Fsp3) is 0.409. The Morgan fingerprint density at radius 1 is 1.04 bits per heavy atom. The summed E-state index contributed by atoms with van der Waals surface area (Å²) in [6, 6.07) is 15.8. The van der Waals surface area contributed by atoms with Crippen molar-refractivity contribution >= 4 is 5.97 Å². The smallest absolute Gasteiger partial charge is 0.323 e. The Morgan fingerprint density at radius 2 is 1.62 bits per heavy atom. The highest BCUT2D eigenvalue weighted by atomic mass is 16.5. The van der Waals surface area contributed by atoms with Crippen LogP contribution in [0.3, 0.4) is 0 Å². The van der Waals surface area contributed by atoms with Gasteiger partial charge in [-0.1, -0.05) is 61.4 Å². The third-order valence-corrected chi connectivity index (χ3v) is 5.87. The van der Waals surface area contributed by atoms with E-state index in [2.05, 4.69) is 24.3 Å².